The average Bonchev–Trinajstić information content (AvgIpc) is 3.13. The predicted octanol–water partition coefficient (Wildman–Crippen LogP) is 3.05. The van der Waals surface area contributed by atoms with E-state index in [0.717, 1.165) is 0 Å². The number of sulfonamides is 1. The Kier molecular flexibility index (Phi) is 6.57. The van der Waals surface area contributed by atoms with Crippen molar-refractivity contribution in [2.45, 2.75) is 37.6 Å². The van der Waals surface area contributed by atoms with Gasteiger partial charge in [0, 0.05) is 43.9 Å². The summed E-state index contributed by atoms with van der Waals surface area (Å²) < 4.78 is 39.5. The third-order valence-corrected chi connectivity index (χ3v) is 7.89. The van der Waals surface area contributed by atoms with Crippen LogP contribution in [-0.4, -0.2) is 43.4 Å². The van der Waals surface area contributed by atoms with Crippen molar-refractivity contribution < 1.29 is 22.4 Å². The lowest BCUT2D eigenvalue weighted by atomic mass is 9.94. The van der Waals surface area contributed by atoms with Crippen LogP contribution >= 0.6 is 0 Å². The lowest BCUT2D eigenvalue weighted by molar-refractivity contribution is -0.117. The molecular weight excluding hydrogens is 446 g/mol. The number of oxazole rings is 1. The molecule has 1 aliphatic rings. The number of hydrogen-bond donors (Lipinski definition) is 1. The van der Waals surface area contributed by atoms with Crippen LogP contribution in [0.25, 0.3) is 11.1 Å². The van der Waals surface area contributed by atoms with E-state index in [-0.39, 0.29) is 22.3 Å². The maximum absolute atomic E-state index is 13.1. The van der Waals surface area contributed by atoms with Crippen molar-refractivity contribution in [1.82, 2.24) is 8.87 Å². The van der Waals surface area contributed by atoms with Crippen molar-refractivity contribution >= 4 is 32.7 Å². The smallest absolute Gasteiger partial charge is 0.419 e. The molecule has 1 amide bonds. The highest BCUT2D eigenvalue weighted by molar-refractivity contribution is 7.89. The van der Waals surface area contributed by atoms with Crippen molar-refractivity contribution in [3.05, 3.63) is 53.0 Å². The molecule has 0 spiro atoms. The highest BCUT2D eigenvalue weighted by Gasteiger charge is 2.30. The number of nitrogens with zero attached hydrogens (tertiary/aromatic N) is 2. The van der Waals surface area contributed by atoms with E-state index in [1.54, 1.807) is 37.4 Å². The zero-order chi connectivity index (χ0) is 23.6. The van der Waals surface area contributed by atoms with Crippen molar-refractivity contribution in [1.29, 1.82) is 0 Å². The maximum Gasteiger partial charge on any atom is 0.419 e. The Labute approximate surface area is 192 Å². The molecule has 176 valence electrons. The standard InChI is InChI=1S/C23H27N3O6S/c1-3-26-20-8-7-19(15-21(20)32-23(26)28)33(29,30)25-11-9-16(10-12-25)13-22(27)24-17-5-4-6-18(14-17)31-2/h4-8,14-16H,3,9-13H2,1-2H3,(H,24,27). The third-order valence-electron chi connectivity index (χ3n) is 5.99. The largest absolute Gasteiger partial charge is 0.497 e. The molecule has 2 heterocycles. The Balaban J connectivity index is 1.38. The molecule has 10 heteroatoms. The van der Waals surface area contributed by atoms with E-state index in [2.05, 4.69) is 5.32 Å². The normalized spacial score (nSPS) is 15.6. The van der Waals surface area contributed by atoms with Gasteiger partial charge in [0.15, 0.2) is 5.58 Å². The quantitative estimate of drug-likeness (QED) is 0.565. The minimum absolute atomic E-state index is 0.0983. The first-order valence-electron chi connectivity index (χ1n) is 10.9. The molecule has 0 unspecified atom stereocenters. The molecule has 2 aromatic carbocycles. The third kappa shape index (κ3) is 4.81. The second kappa shape index (κ2) is 9.40. The van der Waals surface area contributed by atoms with Crippen LogP contribution < -0.4 is 15.8 Å². The SMILES string of the molecule is CCn1c(=O)oc2cc(S(=O)(=O)N3CCC(CC(=O)Nc4cccc(OC)c4)CC3)ccc21. The molecule has 0 radical (unpaired) electrons. The van der Waals surface area contributed by atoms with E-state index in [0.29, 0.717) is 55.9 Å². The van der Waals surface area contributed by atoms with Crippen LogP contribution in [0, 0.1) is 5.92 Å². The number of amides is 1. The fourth-order valence-electron chi connectivity index (χ4n) is 4.18. The fraction of sp³-hybridized carbons (Fsp3) is 0.391. The zero-order valence-corrected chi connectivity index (χ0v) is 19.4. The summed E-state index contributed by atoms with van der Waals surface area (Å²) in [6.45, 7) is 2.92. The van der Waals surface area contributed by atoms with E-state index in [1.165, 1.54) is 21.0 Å². The molecule has 1 aliphatic heterocycles. The van der Waals surface area contributed by atoms with E-state index >= 15 is 0 Å². The van der Waals surface area contributed by atoms with Crippen molar-refractivity contribution in [3.8, 4) is 5.75 Å². The number of ether oxygens (including phenoxy) is 1. The topological polar surface area (TPSA) is 111 Å². The first-order valence-corrected chi connectivity index (χ1v) is 12.3. The van der Waals surface area contributed by atoms with Gasteiger partial charge in [-0.25, -0.2) is 13.2 Å². The van der Waals surface area contributed by atoms with Gasteiger partial charge in [-0.3, -0.25) is 9.36 Å². The fourth-order valence-corrected chi connectivity index (χ4v) is 5.67. The summed E-state index contributed by atoms with van der Waals surface area (Å²) in [5.74, 6) is 0.150. The zero-order valence-electron chi connectivity index (χ0n) is 18.6. The number of hydrogen-bond acceptors (Lipinski definition) is 6. The summed E-state index contributed by atoms with van der Waals surface area (Å²) in [6.07, 6.45) is 1.51. The van der Waals surface area contributed by atoms with Gasteiger partial charge in [-0.1, -0.05) is 6.07 Å². The number of piperidine rings is 1. The predicted molar refractivity (Wildman–Crippen MR) is 124 cm³/mol. The first-order chi connectivity index (χ1) is 15.8. The molecule has 0 saturated carbocycles. The summed E-state index contributed by atoms with van der Waals surface area (Å²) in [5.41, 5.74) is 1.49. The molecule has 0 atom stereocenters. The van der Waals surface area contributed by atoms with Gasteiger partial charge in [-0.2, -0.15) is 4.31 Å². The molecule has 1 saturated heterocycles. The second-order valence-electron chi connectivity index (χ2n) is 8.07. The minimum atomic E-state index is -3.72. The van der Waals surface area contributed by atoms with Crippen LogP contribution in [0.4, 0.5) is 5.69 Å². The Bertz CT molecular complexity index is 1320. The highest BCUT2D eigenvalue weighted by atomic mass is 32.2. The van der Waals surface area contributed by atoms with Crippen molar-refractivity contribution in [2.24, 2.45) is 5.92 Å². The van der Waals surface area contributed by atoms with E-state index < -0.39 is 15.8 Å². The average molecular weight is 474 g/mol. The number of methoxy groups -OCH3 is 1. The molecule has 33 heavy (non-hydrogen) atoms. The number of fused-ring (bicyclic) bond motifs is 1. The Morgan fingerprint density at radius 3 is 2.64 bits per heavy atom. The summed E-state index contributed by atoms with van der Waals surface area (Å²) in [6, 6.07) is 11.7. The summed E-state index contributed by atoms with van der Waals surface area (Å²) in [5, 5.41) is 2.87. The van der Waals surface area contributed by atoms with E-state index in [4.69, 9.17) is 9.15 Å². The van der Waals surface area contributed by atoms with Crippen LogP contribution in [-0.2, 0) is 21.4 Å². The molecule has 0 aliphatic carbocycles. The number of aromatic nitrogens is 1. The molecule has 4 rings (SSSR count). The molecule has 3 aromatic rings. The summed E-state index contributed by atoms with van der Waals surface area (Å²) in [7, 11) is -2.16. The molecule has 1 N–H and O–H groups in total. The molecule has 1 fully saturated rings. The van der Waals surface area contributed by atoms with Gasteiger partial charge in [0.2, 0.25) is 15.9 Å². The van der Waals surface area contributed by atoms with Crippen molar-refractivity contribution in [3.63, 3.8) is 0 Å². The monoisotopic (exact) mass is 473 g/mol. The van der Waals surface area contributed by atoms with Crippen LogP contribution in [0.2, 0.25) is 0 Å². The Hall–Kier alpha value is -3.11. The van der Waals surface area contributed by atoms with Gasteiger partial charge >= 0.3 is 5.76 Å². The van der Waals surface area contributed by atoms with Gasteiger partial charge in [0.1, 0.15) is 5.75 Å². The molecular formula is C23H27N3O6S. The lowest BCUT2D eigenvalue weighted by Gasteiger charge is -2.31. The van der Waals surface area contributed by atoms with E-state index in [9.17, 15) is 18.0 Å². The number of carbonyl (C=O) groups excluding carboxylic acids is 1. The molecule has 0 bridgehead atoms. The minimum Gasteiger partial charge on any atom is -0.497 e. The maximum atomic E-state index is 13.1. The lowest BCUT2D eigenvalue weighted by Crippen LogP contribution is -2.39. The van der Waals surface area contributed by atoms with Gasteiger partial charge < -0.3 is 14.5 Å². The number of nitrogens with one attached hydrogen (secondary N) is 1. The van der Waals surface area contributed by atoms with E-state index in [1.807, 2.05) is 6.92 Å². The summed E-state index contributed by atoms with van der Waals surface area (Å²) in [4.78, 5) is 24.4. The Morgan fingerprint density at radius 1 is 1.18 bits per heavy atom. The van der Waals surface area contributed by atoms with Gasteiger partial charge in [-0.05, 0) is 49.9 Å². The number of anilines is 1. The van der Waals surface area contributed by atoms with Gasteiger partial charge in [0.05, 0.1) is 17.5 Å². The number of aryl methyl sites for hydroxylation is 1. The second-order valence-corrected chi connectivity index (χ2v) is 10.0. The Morgan fingerprint density at radius 2 is 1.94 bits per heavy atom. The van der Waals surface area contributed by atoms with Crippen LogP contribution in [0.5, 0.6) is 5.75 Å². The van der Waals surface area contributed by atoms with Crippen LogP contribution in [0.1, 0.15) is 26.2 Å². The number of carbonyl (C=O) groups is 1. The molecule has 9 nitrogen and oxygen atoms in total. The first kappa shape index (κ1) is 23.1. The van der Waals surface area contributed by atoms with Crippen LogP contribution in [0.3, 0.4) is 0 Å². The molecule has 1 aromatic heterocycles. The number of benzene rings is 2. The van der Waals surface area contributed by atoms with Crippen molar-refractivity contribution in [2.75, 3.05) is 25.5 Å². The summed E-state index contributed by atoms with van der Waals surface area (Å²) >= 11 is 0. The van der Waals surface area contributed by atoms with Gasteiger partial charge in [0.25, 0.3) is 0 Å². The van der Waals surface area contributed by atoms with Gasteiger partial charge in [-0.15, -0.1) is 0 Å². The highest BCUT2D eigenvalue weighted by Crippen LogP contribution is 2.28. The number of rotatable bonds is 7. The van der Waals surface area contributed by atoms with Crippen LogP contribution in [0.15, 0.2) is 56.6 Å².